The zero-order chi connectivity index (χ0) is 17.8. The zero-order valence-corrected chi connectivity index (χ0v) is 15.8. The molecule has 0 radical (unpaired) electrons. The summed E-state index contributed by atoms with van der Waals surface area (Å²) >= 11 is 0. The largest absolute Gasteiger partial charge is 0.501 e. The molecule has 0 N–H and O–H groups in total. The fourth-order valence-corrected chi connectivity index (χ4v) is 2.05. The van der Waals surface area contributed by atoms with Crippen LogP contribution in [0.15, 0.2) is 36.8 Å². The smallest absolute Gasteiger partial charge is 0.111 e. The molecule has 0 aliphatic rings. The van der Waals surface area contributed by atoms with E-state index in [1.54, 1.807) is 0 Å². The third kappa shape index (κ3) is 8.21. The van der Waals surface area contributed by atoms with Crippen molar-refractivity contribution >= 4 is 11.1 Å². The summed E-state index contributed by atoms with van der Waals surface area (Å²) in [7, 11) is 0. The molecule has 0 atom stereocenters. The van der Waals surface area contributed by atoms with E-state index in [0.29, 0.717) is 19.1 Å². The number of allylic oxidation sites excluding steroid dienone is 2. The normalized spacial score (nSPS) is 12.6. The number of benzene rings is 1. The SMILES string of the molecule is CCCOCCOC=C(C)c1cccc(C(C)=COCC(C)C)c1. The Labute approximate surface area is 147 Å². The van der Waals surface area contributed by atoms with Crippen molar-refractivity contribution in [2.24, 2.45) is 5.92 Å². The van der Waals surface area contributed by atoms with Gasteiger partial charge in [0.1, 0.15) is 6.61 Å². The van der Waals surface area contributed by atoms with Gasteiger partial charge in [0.15, 0.2) is 0 Å². The van der Waals surface area contributed by atoms with Gasteiger partial charge in [-0.15, -0.1) is 0 Å². The molecule has 1 rings (SSSR count). The molecule has 0 unspecified atom stereocenters. The standard InChI is InChI=1S/C21H32O3/c1-6-10-22-11-12-23-15-18(4)20-8-7-9-21(13-20)19(5)16-24-14-17(2)3/h7-9,13,15-17H,6,10-12,14H2,1-5H3. The van der Waals surface area contributed by atoms with Crippen LogP contribution >= 0.6 is 0 Å². The number of hydrogen-bond acceptors (Lipinski definition) is 3. The number of rotatable bonds is 11. The molecule has 0 heterocycles. The van der Waals surface area contributed by atoms with Crippen LogP contribution in [0.2, 0.25) is 0 Å². The highest BCUT2D eigenvalue weighted by atomic mass is 16.5. The molecule has 0 fully saturated rings. The monoisotopic (exact) mass is 332 g/mol. The minimum Gasteiger partial charge on any atom is -0.501 e. The first-order chi connectivity index (χ1) is 11.5. The maximum absolute atomic E-state index is 5.61. The highest BCUT2D eigenvalue weighted by molar-refractivity contribution is 5.70. The zero-order valence-electron chi connectivity index (χ0n) is 15.8. The van der Waals surface area contributed by atoms with Gasteiger partial charge in [-0.3, -0.25) is 0 Å². The van der Waals surface area contributed by atoms with Gasteiger partial charge >= 0.3 is 0 Å². The summed E-state index contributed by atoms with van der Waals surface area (Å²) in [4.78, 5) is 0. The van der Waals surface area contributed by atoms with E-state index < -0.39 is 0 Å². The highest BCUT2D eigenvalue weighted by Crippen LogP contribution is 2.20. The van der Waals surface area contributed by atoms with Crippen LogP contribution in [0.4, 0.5) is 0 Å². The first kappa shape index (κ1) is 20.3. The van der Waals surface area contributed by atoms with Crippen molar-refractivity contribution in [2.75, 3.05) is 26.4 Å². The van der Waals surface area contributed by atoms with Gasteiger partial charge in [-0.25, -0.2) is 0 Å². The Kier molecular flexibility index (Phi) is 9.94. The van der Waals surface area contributed by atoms with E-state index in [-0.39, 0.29) is 0 Å². The first-order valence-electron chi connectivity index (χ1n) is 8.79. The molecule has 0 aliphatic carbocycles. The summed E-state index contributed by atoms with van der Waals surface area (Å²) in [5, 5.41) is 0. The van der Waals surface area contributed by atoms with Crippen LogP contribution in [0.1, 0.15) is 52.2 Å². The molecule has 3 heteroatoms. The van der Waals surface area contributed by atoms with Crippen LogP contribution < -0.4 is 0 Å². The minimum atomic E-state index is 0.531. The van der Waals surface area contributed by atoms with E-state index in [4.69, 9.17) is 14.2 Å². The fraction of sp³-hybridized carbons (Fsp3) is 0.524. The van der Waals surface area contributed by atoms with E-state index in [0.717, 1.165) is 41.9 Å². The summed E-state index contributed by atoms with van der Waals surface area (Å²) in [5.74, 6) is 0.531. The van der Waals surface area contributed by atoms with E-state index in [9.17, 15) is 0 Å². The Hall–Kier alpha value is -1.74. The molecule has 0 bridgehead atoms. The van der Waals surface area contributed by atoms with E-state index in [2.05, 4.69) is 58.9 Å². The average Bonchev–Trinajstić information content (AvgIpc) is 2.57. The van der Waals surface area contributed by atoms with Crippen LogP contribution in [0, 0.1) is 5.92 Å². The molecular weight excluding hydrogens is 300 g/mol. The molecule has 0 amide bonds. The topological polar surface area (TPSA) is 27.7 Å². The van der Waals surface area contributed by atoms with Crippen LogP contribution in [0.3, 0.4) is 0 Å². The van der Waals surface area contributed by atoms with Crippen LogP contribution in [0.25, 0.3) is 11.1 Å². The van der Waals surface area contributed by atoms with Crippen molar-refractivity contribution in [3.8, 4) is 0 Å². The maximum Gasteiger partial charge on any atom is 0.111 e. The second-order valence-corrected chi connectivity index (χ2v) is 6.39. The molecular formula is C21H32O3. The second kappa shape index (κ2) is 11.7. The summed E-state index contributed by atoms with van der Waals surface area (Å²) in [6.45, 7) is 13.3. The lowest BCUT2D eigenvalue weighted by Gasteiger charge is -2.09. The molecule has 24 heavy (non-hydrogen) atoms. The van der Waals surface area contributed by atoms with Gasteiger partial charge in [-0.05, 0) is 54.5 Å². The molecule has 1 aromatic rings. The fourth-order valence-electron chi connectivity index (χ4n) is 2.05. The Morgan fingerprint density at radius 3 is 2.17 bits per heavy atom. The van der Waals surface area contributed by atoms with E-state index >= 15 is 0 Å². The predicted octanol–water partition coefficient (Wildman–Crippen LogP) is 5.52. The van der Waals surface area contributed by atoms with E-state index in [1.165, 1.54) is 0 Å². The third-order valence-electron chi connectivity index (χ3n) is 3.42. The number of hydrogen-bond donors (Lipinski definition) is 0. The molecule has 1 aromatic carbocycles. The third-order valence-corrected chi connectivity index (χ3v) is 3.42. The molecule has 134 valence electrons. The van der Waals surface area contributed by atoms with Crippen molar-refractivity contribution in [1.29, 1.82) is 0 Å². The van der Waals surface area contributed by atoms with Gasteiger partial charge in [0.2, 0.25) is 0 Å². The molecule has 0 saturated carbocycles. The predicted molar refractivity (Wildman–Crippen MR) is 102 cm³/mol. The van der Waals surface area contributed by atoms with Gasteiger partial charge in [-0.2, -0.15) is 0 Å². The molecule has 0 aliphatic heterocycles. The van der Waals surface area contributed by atoms with Crippen molar-refractivity contribution in [3.63, 3.8) is 0 Å². The Bertz CT molecular complexity index is 530. The molecule has 0 saturated heterocycles. The second-order valence-electron chi connectivity index (χ2n) is 6.39. The Morgan fingerprint density at radius 1 is 0.958 bits per heavy atom. The molecule has 3 nitrogen and oxygen atoms in total. The summed E-state index contributed by atoms with van der Waals surface area (Å²) in [5.41, 5.74) is 4.54. The van der Waals surface area contributed by atoms with Crippen molar-refractivity contribution in [2.45, 2.75) is 41.0 Å². The van der Waals surface area contributed by atoms with E-state index in [1.807, 2.05) is 12.5 Å². The molecule has 0 spiro atoms. The van der Waals surface area contributed by atoms with Gasteiger partial charge < -0.3 is 14.2 Å². The van der Waals surface area contributed by atoms with Crippen molar-refractivity contribution < 1.29 is 14.2 Å². The Morgan fingerprint density at radius 2 is 1.58 bits per heavy atom. The average molecular weight is 332 g/mol. The Balaban J connectivity index is 2.59. The quantitative estimate of drug-likeness (QED) is 0.394. The van der Waals surface area contributed by atoms with Gasteiger partial charge in [0.05, 0.1) is 25.7 Å². The lowest BCUT2D eigenvalue weighted by molar-refractivity contribution is 0.0856. The lowest BCUT2D eigenvalue weighted by Crippen LogP contribution is -2.02. The van der Waals surface area contributed by atoms with Crippen LogP contribution in [0.5, 0.6) is 0 Å². The summed E-state index contributed by atoms with van der Waals surface area (Å²) in [6, 6.07) is 8.41. The van der Waals surface area contributed by atoms with Crippen LogP contribution in [-0.4, -0.2) is 26.4 Å². The lowest BCUT2D eigenvalue weighted by atomic mass is 10.0. The highest BCUT2D eigenvalue weighted by Gasteiger charge is 2.01. The van der Waals surface area contributed by atoms with Crippen LogP contribution in [-0.2, 0) is 14.2 Å². The van der Waals surface area contributed by atoms with Gasteiger partial charge in [-0.1, -0.05) is 39.0 Å². The summed E-state index contributed by atoms with van der Waals surface area (Å²) < 4.78 is 16.6. The summed E-state index contributed by atoms with van der Waals surface area (Å²) in [6.07, 6.45) is 4.69. The van der Waals surface area contributed by atoms with Crippen molar-refractivity contribution in [1.82, 2.24) is 0 Å². The minimum absolute atomic E-state index is 0.531. The molecule has 0 aromatic heterocycles. The maximum atomic E-state index is 5.61. The van der Waals surface area contributed by atoms with Gasteiger partial charge in [0.25, 0.3) is 0 Å². The first-order valence-corrected chi connectivity index (χ1v) is 8.79. The van der Waals surface area contributed by atoms with Gasteiger partial charge in [0, 0.05) is 6.61 Å². The van der Waals surface area contributed by atoms with Crippen molar-refractivity contribution in [3.05, 3.63) is 47.9 Å². The number of ether oxygens (including phenoxy) is 3.